The van der Waals surface area contributed by atoms with E-state index in [1.165, 1.54) is 4.90 Å². The fourth-order valence-corrected chi connectivity index (χ4v) is 3.06. The van der Waals surface area contributed by atoms with Gasteiger partial charge in [0.1, 0.15) is 22.9 Å². The van der Waals surface area contributed by atoms with E-state index in [1.807, 2.05) is 31.2 Å². The third-order valence-corrected chi connectivity index (χ3v) is 4.31. The maximum absolute atomic E-state index is 13.0. The van der Waals surface area contributed by atoms with Crippen molar-refractivity contribution >= 4 is 35.0 Å². The summed E-state index contributed by atoms with van der Waals surface area (Å²) >= 11 is 5.38. The predicted octanol–water partition coefficient (Wildman–Crippen LogP) is 3.36. The zero-order valence-corrected chi connectivity index (χ0v) is 16.1. The Labute approximate surface area is 163 Å². The van der Waals surface area contributed by atoms with Crippen LogP contribution in [-0.2, 0) is 4.79 Å². The Hall–Kier alpha value is -3.06. The fraction of sp³-hybridized carbons (Fsp3) is 0.200. The van der Waals surface area contributed by atoms with E-state index < -0.39 is 0 Å². The average molecular weight is 384 g/mol. The number of carbonyl (C=O) groups is 1. The number of nitrogens with zero attached hydrogens (tertiary/aromatic N) is 1. The molecule has 27 heavy (non-hydrogen) atoms. The lowest BCUT2D eigenvalue weighted by molar-refractivity contribution is -0.113. The molecule has 0 atom stereocenters. The lowest BCUT2D eigenvalue weighted by Crippen LogP contribution is -2.30. The van der Waals surface area contributed by atoms with Crippen LogP contribution in [0.25, 0.3) is 6.08 Å². The Morgan fingerprint density at radius 1 is 1.11 bits per heavy atom. The van der Waals surface area contributed by atoms with Gasteiger partial charge in [-0.3, -0.25) is 4.79 Å². The van der Waals surface area contributed by atoms with E-state index in [1.54, 1.807) is 38.5 Å². The molecule has 0 saturated carbocycles. The highest BCUT2D eigenvalue weighted by molar-refractivity contribution is 7.80. The van der Waals surface area contributed by atoms with Gasteiger partial charge >= 0.3 is 0 Å². The second-order valence-electron chi connectivity index (χ2n) is 5.64. The molecule has 2 aromatic rings. The number of thiocarbonyl (C=S) groups is 1. The van der Waals surface area contributed by atoms with Crippen molar-refractivity contribution < 1.29 is 19.0 Å². The summed E-state index contributed by atoms with van der Waals surface area (Å²) in [6.07, 6.45) is 1.70. The minimum Gasteiger partial charge on any atom is -0.497 e. The Morgan fingerprint density at radius 3 is 2.59 bits per heavy atom. The molecule has 140 valence electrons. The van der Waals surface area contributed by atoms with Gasteiger partial charge in [0.15, 0.2) is 5.11 Å². The summed E-state index contributed by atoms with van der Waals surface area (Å²) in [6.45, 7) is 2.38. The van der Waals surface area contributed by atoms with Crippen LogP contribution in [0.5, 0.6) is 17.2 Å². The predicted molar refractivity (Wildman–Crippen MR) is 108 cm³/mol. The molecule has 0 bridgehead atoms. The van der Waals surface area contributed by atoms with Gasteiger partial charge in [0.25, 0.3) is 5.91 Å². The highest BCUT2D eigenvalue weighted by Crippen LogP contribution is 2.33. The Balaban J connectivity index is 1.96. The molecule has 2 aromatic carbocycles. The molecule has 0 unspecified atom stereocenters. The first-order valence-corrected chi connectivity index (χ1v) is 8.80. The molecule has 1 aliphatic rings. The number of methoxy groups -OCH3 is 2. The molecule has 3 rings (SSSR count). The van der Waals surface area contributed by atoms with Gasteiger partial charge in [0.2, 0.25) is 0 Å². The lowest BCUT2D eigenvalue weighted by atomic mass is 10.1. The van der Waals surface area contributed by atoms with Gasteiger partial charge in [-0.2, -0.15) is 0 Å². The zero-order chi connectivity index (χ0) is 19.4. The number of para-hydroxylation sites is 2. The van der Waals surface area contributed by atoms with E-state index in [2.05, 4.69) is 5.32 Å². The second kappa shape index (κ2) is 8.09. The second-order valence-corrected chi connectivity index (χ2v) is 6.02. The van der Waals surface area contributed by atoms with Crippen LogP contribution in [0, 0.1) is 0 Å². The van der Waals surface area contributed by atoms with Gasteiger partial charge in [-0.15, -0.1) is 0 Å². The molecule has 0 aliphatic carbocycles. The van der Waals surface area contributed by atoms with E-state index in [0.717, 1.165) is 5.56 Å². The third-order valence-electron chi connectivity index (χ3n) is 4.02. The number of benzene rings is 2. The van der Waals surface area contributed by atoms with Gasteiger partial charge in [0, 0.05) is 11.6 Å². The van der Waals surface area contributed by atoms with Crippen LogP contribution in [0.4, 0.5) is 5.69 Å². The molecule has 1 amide bonds. The van der Waals surface area contributed by atoms with Crippen LogP contribution in [0.2, 0.25) is 0 Å². The molecule has 6 nitrogen and oxygen atoms in total. The number of hydrogen-bond acceptors (Lipinski definition) is 5. The van der Waals surface area contributed by atoms with E-state index in [4.69, 9.17) is 26.4 Å². The topological polar surface area (TPSA) is 60.0 Å². The maximum atomic E-state index is 13.0. The Kier molecular flexibility index (Phi) is 5.61. The summed E-state index contributed by atoms with van der Waals surface area (Å²) in [6, 6.07) is 12.7. The van der Waals surface area contributed by atoms with Crippen molar-refractivity contribution in [3.05, 3.63) is 53.7 Å². The van der Waals surface area contributed by atoms with Crippen LogP contribution in [0.3, 0.4) is 0 Å². The van der Waals surface area contributed by atoms with E-state index in [-0.39, 0.29) is 5.91 Å². The van der Waals surface area contributed by atoms with E-state index in [0.29, 0.717) is 40.4 Å². The SMILES string of the molecule is CCOc1ccccc1N1C(=O)/C(=C\c2ccc(OC)cc2OC)NC1=S. The quantitative estimate of drug-likeness (QED) is 0.609. The Bertz CT molecular complexity index is 911. The van der Waals surface area contributed by atoms with Crippen molar-refractivity contribution in [3.63, 3.8) is 0 Å². The average Bonchev–Trinajstić information content (AvgIpc) is 2.96. The molecule has 1 aliphatic heterocycles. The monoisotopic (exact) mass is 384 g/mol. The summed E-state index contributed by atoms with van der Waals surface area (Å²) < 4.78 is 16.2. The number of anilines is 1. The van der Waals surface area contributed by atoms with Crippen molar-refractivity contribution in [2.24, 2.45) is 0 Å². The number of ether oxygens (including phenoxy) is 3. The van der Waals surface area contributed by atoms with Crippen LogP contribution in [-0.4, -0.2) is 31.8 Å². The first-order valence-electron chi connectivity index (χ1n) is 8.40. The standard InChI is InChI=1S/C20H20N2O4S/c1-4-26-17-8-6-5-7-16(17)22-19(23)15(21-20(22)27)11-13-9-10-14(24-2)12-18(13)25-3/h5-12H,4H2,1-3H3,(H,21,27)/b15-11+. The number of hydrogen-bond donors (Lipinski definition) is 1. The molecule has 0 aromatic heterocycles. The highest BCUT2D eigenvalue weighted by atomic mass is 32.1. The Morgan fingerprint density at radius 2 is 1.89 bits per heavy atom. The van der Waals surface area contributed by atoms with E-state index in [9.17, 15) is 4.79 Å². The smallest absolute Gasteiger partial charge is 0.281 e. The number of amides is 1. The molecule has 0 radical (unpaired) electrons. The van der Waals surface area contributed by atoms with Gasteiger partial charge in [-0.05, 0) is 49.5 Å². The fourth-order valence-electron chi connectivity index (χ4n) is 2.77. The summed E-state index contributed by atoms with van der Waals surface area (Å²) in [5.41, 5.74) is 1.69. The van der Waals surface area contributed by atoms with Gasteiger partial charge < -0.3 is 19.5 Å². The zero-order valence-electron chi connectivity index (χ0n) is 15.3. The number of rotatable bonds is 6. The number of carbonyl (C=O) groups excluding carboxylic acids is 1. The lowest BCUT2D eigenvalue weighted by Gasteiger charge is -2.18. The van der Waals surface area contributed by atoms with Gasteiger partial charge in [0.05, 0.1) is 26.5 Å². The molecular formula is C20H20N2O4S. The molecule has 1 N–H and O–H groups in total. The highest BCUT2D eigenvalue weighted by Gasteiger charge is 2.33. The van der Waals surface area contributed by atoms with Crippen molar-refractivity contribution in [2.75, 3.05) is 25.7 Å². The van der Waals surface area contributed by atoms with Crippen LogP contribution in [0.1, 0.15) is 12.5 Å². The van der Waals surface area contributed by atoms with Gasteiger partial charge in [-0.25, -0.2) is 4.90 Å². The first kappa shape index (κ1) is 18.7. The summed E-state index contributed by atoms with van der Waals surface area (Å²) in [5, 5.41) is 3.27. The molecule has 1 heterocycles. The maximum Gasteiger partial charge on any atom is 0.281 e. The number of nitrogens with one attached hydrogen (secondary N) is 1. The molecule has 7 heteroatoms. The summed E-state index contributed by atoms with van der Waals surface area (Å²) in [5.74, 6) is 1.60. The molecule has 1 fully saturated rings. The summed E-state index contributed by atoms with van der Waals surface area (Å²) in [7, 11) is 3.15. The molecule has 0 spiro atoms. The van der Waals surface area contributed by atoms with Crippen LogP contribution in [0.15, 0.2) is 48.2 Å². The van der Waals surface area contributed by atoms with Crippen molar-refractivity contribution in [1.29, 1.82) is 0 Å². The molecule has 1 saturated heterocycles. The van der Waals surface area contributed by atoms with E-state index >= 15 is 0 Å². The van der Waals surface area contributed by atoms with Crippen molar-refractivity contribution in [2.45, 2.75) is 6.92 Å². The first-order chi connectivity index (χ1) is 13.1. The normalized spacial score (nSPS) is 15.1. The largest absolute Gasteiger partial charge is 0.497 e. The summed E-state index contributed by atoms with van der Waals surface area (Å²) in [4.78, 5) is 14.4. The van der Waals surface area contributed by atoms with Crippen LogP contribution >= 0.6 is 12.2 Å². The van der Waals surface area contributed by atoms with Crippen molar-refractivity contribution in [3.8, 4) is 17.2 Å². The minimum atomic E-state index is -0.259. The van der Waals surface area contributed by atoms with Gasteiger partial charge in [-0.1, -0.05) is 12.1 Å². The minimum absolute atomic E-state index is 0.259. The van der Waals surface area contributed by atoms with Crippen molar-refractivity contribution in [1.82, 2.24) is 5.32 Å². The molecular weight excluding hydrogens is 364 g/mol. The third kappa shape index (κ3) is 3.73. The van der Waals surface area contributed by atoms with Crippen LogP contribution < -0.4 is 24.4 Å².